The molecule has 0 saturated carbocycles. The van der Waals surface area contributed by atoms with E-state index in [1.54, 1.807) is 21.7 Å². The molecule has 3 heterocycles. The number of amides is 1. The van der Waals surface area contributed by atoms with Gasteiger partial charge in [0.2, 0.25) is 11.2 Å². The third kappa shape index (κ3) is 4.59. The van der Waals surface area contributed by atoms with Crippen LogP contribution >= 0.6 is 0 Å². The first-order valence-corrected chi connectivity index (χ1v) is 12.8. The Morgan fingerprint density at radius 2 is 1.65 bits per heavy atom. The van der Waals surface area contributed by atoms with E-state index in [9.17, 15) is 14.0 Å². The third-order valence-corrected chi connectivity index (χ3v) is 6.95. The number of halogens is 2. The molecule has 7 nitrogen and oxygen atoms in total. The van der Waals surface area contributed by atoms with Crippen LogP contribution in [0.25, 0.3) is 0 Å². The second-order valence-electron chi connectivity index (χ2n) is 9.46. The molecule has 0 aliphatic carbocycles. The Kier molecular flexibility index (Phi) is 6.77. The summed E-state index contributed by atoms with van der Waals surface area (Å²) >= 11 is 0. The Morgan fingerprint density at radius 3 is 2.42 bits per heavy atom. The van der Waals surface area contributed by atoms with Gasteiger partial charge in [-0.2, -0.15) is 4.39 Å². The number of pyridine rings is 1. The van der Waals surface area contributed by atoms with E-state index in [1.165, 1.54) is 18.3 Å². The summed E-state index contributed by atoms with van der Waals surface area (Å²) < 4.78 is 42.9. The van der Waals surface area contributed by atoms with Crippen LogP contribution in [0, 0.1) is 11.6 Å². The summed E-state index contributed by atoms with van der Waals surface area (Å²) in [6.07, 6.45) is 4.87. The lowest BCUT2D eigenvalue weighted by atomic mass is 9.96. The molecule has 0 N–H and O–H groups in total. The summed E-state index contributed by atoms with van der Waals surface area (Å²) in [5, 5.41) is 1.82. The molecule has 1 amide bonds. The number of aromatic nitrogens is 1. The second-order valence-corrected chi connectivity index (χ2v) is 9.46. The second kappa shape index (κ2) is 10.7. The summed E-state index contributed by atoms with van der Waals surface area (Å²) in [6.45, 7) is 0.362. The normalized spacial score (nSPS) is 17.2. The van der Waals surface area contributed by atoms with E-state index in [4.69, 9.17) is 9.47 Å². The first-order valence-electron chi connectivity index (χ1n) is 12.8. The van der Waals surface area contributed by atoms with Crippen LogP contribution in [0.4, 0.5) is 8.78 Å². The van der Waals surface area contributed by atoms with Crippen molar-refractivity contribution in [2.75, 3.05) is 24.8 Å². The Hall–Kier alpha value is -4.92. The van der Waals surface area contributed by atoms with Gasteiger partial charge < -0.3 is 14.4 Å². The van der Waals surface area contributed by atoms with Gasteiger partial charge in [-0.25, -0.2) is 4.39 Å². The number of rotatable bonds is 4. The van der Waals surface area contributed by atoms with Crippen molar-refractivity contribution in [2.24, 2.45) is 0 Å². The predicted octanol–water partition coefficient (Wildman–Crippen LogP) is 4.80. The molecule has 0 saturated heterocycles. The Bertz CT molecular complexity index is 1640. The van der Waals surface area contributed by atoms with E-state index >= 15 is 4.39 Å². The van der Waals surface area contributed by atoms with Crippen molar-refractivity contribution in [3.63, 3.8) is 0 Å². The van der Waals surface area contributed by atoms with E-state index in [1.807, 2.05) is 65.7 Å². The van der Waals surface area contributed by atoms with Crippen LogP contribution in [-0.2, 0) is 6.61 Å². The summed E-state index contributed by atoms with van der Waals surface area (Å²) in [7, 11) is 0. The lowest BCUT2D eigenvalue weighted by molar-refractivity contribution is 0.0698. The molecule has 6 rings (SSSR count). The molecule has 202 valence electrons. The molecule has 0 radical (unpaired) electrons. The number of ether oxygens (including phenoxy) is 2. The van der Waals surface area contributed by atoms with Gasteiger partial charge in [-0.3, -0.25) is 19.3 Å². The standard InChI is InChI=1S/C31H25F2N3O4/c32-24-14-13-23-27(22-11-5-2-6-12-22)36-20-34(16-7-8-18-39-29(23)26(24)33)31(38)28-30(25(37)15-17-35(28)36)40-19-21-9-3-1-4-10-21/h1-15,17,27H,16,18-20H2/b8-7-/t27-/m0/s1. The van der Waals surface area contributed by atoms with E-state index < -0.39 is 23.1 Å². The fourth-order valence-electron chi connectivity index (χ4n) is 5.05. The number of nitrogens with zero attached hydrogens (tertiary/aromatic N) is 3. The SMILES string of the molecule is O=C1c2c(OCc3ccccc3)c(=O)ccn2N2CN1C/C=C\COc1c(ccc(F)c1F)[C@@H]2c1ccccc1. The molecule has 3 aromatic carbocycles. The predicted molar refractivity (Wildman–Crippen MR) is 145 cm³/mol. The van der Waals surface area contributed by atoms with Crippen molar-refractivity contribution in [3.05, 3.63) is 141 Å². The van der Waals surface area contributed by atoms with E-state index in [2.05, 4.69) is 0 Å². The van der Waals surface area contributed by atoms with Crippen LogP contribution in [0.15, 0.2) is 102 Å². The summed E-state index contributed by atoms with van der Waals surface area (Å²) in [4.78, 5) is 28.5. The van der Waals surface area contributed by atoms with Gasteiger partial charge in [0.25, 0.3) is 5.91 Å². The Balaban J connectivity index is 1.56. The van der Waals surface area contributed by atoms with Crippen LogP contribution in [0.1, 0.15) is 33.2 Å². The first kappa shape index (κ1) is 25.4. The minimum absolute atomic E-state index is 0.0207. The van der Waals surface area contributed by atoms with Crippen molar-refractivity contribution in [3.8, 4) is 11.5 Å². The van der Waals surface area contributed by atoms with Gasteiger partial charge in [0.05, 0.1) is 0 Å². The molecule has 1 atom stereocenters. The third-order valence-electron chi connectivity index (χ3n) is 6.95. The van der Waals surface area contributed by atoms with Gasteiger partial charge in [-0.05, 0) is 29.3 Å². The molecule has 2 aliphatic heterocycles. The van der Waals surface area contributed by atoms with Crippen molar-refractivity contribution < 1.29 is 23.0 Å². The Labute approximate surface area is 229 Å². The minimum atomic E-state index is -1.09. The van der Waals surface area contributed by atoms with Crippen LogP contribution in [-0.4, -0.2) is 35.3 Å². The molecule has 0 spiro atoms. The molecule has 0 unspecified atom stereocenters. The molecular formula is C31H25F2N3O4. The van der Waals surface area contributed by atoms with Gasteiger partial charge in [0, 0.05) is 24.4 Å². The number of hydrogen-bond donors (Lipinski definition) is 0. The maximum absolute atomic E-state index is 15.2. The van der Waals surface area contributed by atoms with E-state index in [0.29, 0.717) is 5.56 Å². The lowest BCUT2D eigenvalue weighted by Crippen LogP contribution is -2.55. The lowest BCUT2D eigenvalue weighted by Gasteiger charge is -2.44. The zero-order chi connectivity index (χ0) is 27.6. The van der Waals surface area contributed by atoms with Crippen molar-refractivity contribution in [2.45, 2.75) is 12.6 Å². The maximum atomic E-state index is 15.2. The van der Waals surface area contributed by atoms with E-state index in [0.717, 1.165) is 17.2 Å². The monoisotopic (exact) mass is 541 g/mol. The summed E-state index contributed by atoms with van der Waals surface area (Å²) in [6, 6.07) is 21.8. The number of fused-ring (bicyclic) bond motifs is 5. The molecule has 9 heteroatoms. The highest BCUT2D eigenvalue weighted by Crippen LogP contribution is 2.39. The van der Waals surface area contributed by atoms with Gasteiger partial charge >= 0.3 is 0 Å². The molecule has 1 aromatic heterocycles. The molecule has 2 aliphatic rings. The summed E-state index contributed by atoms with van der Waals surface area (Å²) in [5.41, 5.74) is 1.56. The minimum Gasteiger partial charge on any atom is -0.486 e. The molecule has 0 fully saturated rings. The fraction of sp³-hybridized carbons (Fsp3) is 0.161. The molecular weight excluding hydrogens is 516 g/mol. The molecule has 40 heavy (non-hydrogen) atoms. The number of hydrogen-bond acceptors (Lipinski definition) is 5. The van der Waals surface area contributed by atoms with Gasteiger partial charge in [-0.1, -0.05) is 66.7 Å². The average molecular weight is 542 g/mol. The van der Waals surface area contributed by atoms with Gasteiger partial charge in [0.1, 0.15) is 25.9 Å². The number of benzene rings is 3. The highest BCUT2D eigenvalue weighted by Gasteiger charge is 2.38. The zero-order valence-corrected chi connectivity index (χ0v) is 21.4. The smallest absolute Gasteiger partial charge is 0.278 e. The van der Waals surface area contributed by atoms with Crippen LogP contribution in [0.5, 0.6) is 11.5 Å². The first-order chi connectivity index (χ1) is 19.5. The highest BCUT2D eigenvalue weighted by molar-refractivity contribution is 5.96. The van der Waals surface area contributed by atoms with Gasteiger partial charge in [-0.15, -0.1) is 0 Å². The van der Waals surface area contributed by atoms with Gasteiger partial charge in [0.15, 0.2) is 23.0 Å². The zero-order valence-electron chi connectivity index (χ0n) is 21.4. The summed E-state index contributed by atoms with van der Waals surface area (Å²) in [5.74, 6) is -2.81. The number of carbonyl (C=O) groups is 1. The van der Waals surface area contributed by atoms with Crippen molar-refractivity contribution in [1.29, 1.82) is 0 Å². The maximum Gasteiger partial charge on any atom is 0.278 e. The number of carbonyl (C=O) groups excluding carboxylic acids is 1. The average Bonchev–Trinajstić information content (AvgIpc) is 3.01. The van der Waals surface area contributed by atoms with Crippen LogP contribution in [0.2, 0.25) is 0 Å². The highest BCUT2D eigenvalue weighted by atomic mass is 19.2. The largest absolute Gasteiger partial charge is 0.486 e. The van der Waals surface area contributed by atoms with Crippen molar-refractivity contribution in [1.82, 2.24) is 9.58 Å². The van der Waals surface area contributed by atoms with Crippen LogP contribution in [0.3, 0.4) is 0 Å². The van der Waals surface area contributed by atoms with Crippen molar-refractivity contribution >= 4 is 5.91 Å². The molecule has 4 aromatic rings. The molecule has 2 bridgehead atoms. The fourth-order valence-corrected chi connectivity index (χ4v) is 5.05. The van der Waals surface area contributed by atoms with E-state index in [-0.39, 0.29) is 49.5 Å². The quantitative estimate of drug-likeness (QED) is 0.348. The Morgan fingerprint density at radius 1 is 0.900 bits per heavy atom. The topological polar surface area (TPSA) is 64.0 Å². The van der Waals surface area contributed by atoms with Crippen LogP contribution < -0.4 is 19.9 Å².